The lowest BCUT2D eigenvalue weighted by atomic mass is 9.81. The molecule has 10 heteroatoms. The summed E-state index contributed by atoms with van der Waals surface area (Å²) < 4.78 is 28.5. The Morgan fingerprint density at radius 2 is 1.77 bits per heavy atom. The topological polar surface area (TPSA) is 116 Å². The van der Waals surface area contributed by atoms with E-state index in [1.54, 1.807) is 0 Å². The second-order valence-corrected chi connectivity index (χ2v) is 12.0. The minimum atomic E-state index is -3.55. The molecule has 2 N–H and O–H groups in total. The molecule has 4 rings (SSSR count). The van der Waals surface area contributed by atoms with Gasteiger partial charge in [-0.3, -0.25) is 14.5 Å². The minimum Gasteiger partial charge on any atom is -0.352 e. The van der Waals surface area contributed by atoms with E-state index in [9.17, 15) is 22.8 Å². The molecule has 3 aliphatic carbocycles. The van der Waals surface area contributed by atoms with Gasteiger partial charge < -0.3 is 10.2 Å². The Bertz CT molecular complexity index is 850. The van der Waals surface area contributed by atoms with Gasteiger partial charge in [0.1, 0.15) is 6.54 Å². The van der Waals surface area contributed by atoms with Gasteiger partial charge in [-0.2, -0.15) is 0 Å². The summed E-state index contributed by atoms with van der Waals surface area (Å²) >= 11 is 0. The van der Waals surface area contributed by atoms with Gasteiger partial charge in [0.15, 0.2) is 0 Å². The first-order chi connectivity index (χ1) is 14.6. The highest BCUT2D eigenvalue weighted by molar-refractivity contribution is 7.90. The van der Waals surface area contributed by atoms with Crippen LogP contribution in [0.25, 0.3) is 0 Å². The summed E-state index contributed by atoms with van der Waals surface area (Å²) in [7, 11) is -2.14. The first-order valence-corrected chi connectivity index (χ1v) is 13.0. The van der Waals surface area contributed by atoms with Crippen LogP contribution in [-0.4, -0.2) is 72.5 Å². The zero-order valence-electron chi connectivity index (χ0n) is 18.4. The Labute approximate surface area is 184 Å². The maximum Gasteiger partial charge on any atom is 0.327 e. The van der Waals surface area contributed by atoms with Crippen molar-refractivity contribution in [1.82, 2.24) is 19.8 Å². The van der Waals surface area contributed by atoms with Crippen molar-refractivity contribution in [3.63, 3.8) is 0 Å². The summed E-state index contributed by atoms with van der Waals surface area (Å²) in [5, 5.41) is 2.37. The lowest BCUT2D eigenvalue weighted by molar-refractivity contribution is -0.140. The van der Waals surface area contributed by atoms with Gasteiger partial charge in [-0.15, -0.1) is 0 Å². The van der Waals surface area contributed by atoms with E-state index in [1.165, 1.54) is 18.4 Å². The highest BCUT2D eigenvalue weighted by atomic mass is 32.2. The van der Waals surface area contributed by atoms with E-state index in [0.717, 1.165) is 43.4 Å². The molecule has 3 saturated carbocycles. The van der Waals surface area contributed by atoms with E-state index in [0.29, 0.717) is 12.8 Å². The lowest BCUT2D eigenvalue weighted by Crippen LogP contribution is -2.64. The fraction of sp³-hybridized carbons (Fsp3) is 0.857. The fourth-order valence-corrected chi connectivity index (χ4v) is 7.25. The van der Waals surface area contributed by atoms with Crippen LogP contribution in [0.5, 0.6) is 0 Å². The number of imide groups is 1. The summed E-state index contributed by atoms with van der Waals surface area (Å²) in [4.78, 5) is 40.8. The minimum absolute atomic E-state index is 0.0954. The number of nitrogens with one attached hydrogen (secondary N) is 2. The van der Waals surface area contributed by atoms with Crippen LogP contribution in [0.2, 0.25) is 0 Å². The Hall–Kier alpha value is -1.68. The molecule has 0 radical (unpaired) electrons. The molecule has 4 aliphatic rings. The lowest BCUT2D eigenvalue weighted by Gasteiger charge is -2.47. The van der Waals surface area contributed by atoms with E-state index in [4.69, 9.17) is 0 Å². The van der Waals surface area contributed by atoms with Crippen LogP contribution in [0.1, 0.15) is 71.1 Å². The third-order valence-corrected chi connectivity index (χ3v) is 9.54. The zero-order valence-corrected chi connectivity index (χ0v) is 19.2. The van der Waals surface area contributed by atoms with Gasteiger partial charge in [-0.1, -0.05) is 19.3 Å². The Morgan fingerprint density at radius 1 is 1.10 bits per heavy atom. The molecule has 1 heterocycles. The Morgan fingerprint density at radius 3 is 2.42 bits per heavy atom. The molecule has 4 fully saturated rings. The van der Waals surface area contributed by atoms with Crippen molar-refractivity contribution >= 4 is 27.9 Å². The second kappa shape index (κ2) is 8.35. The quantitative estimate of drug-likeness (QED) is 0.628. The van der Waals surface area contributed by atoms with Crippen molar-refractivity contribution in [1.29, 1.82) is 0 Å². The molecule has 0 aromatic heterocycles. The fourth-order valence-electron chi connectivity index (χ4n) is 5.29. The number of hydrogen-bond acceptors (Lipinski definition) is 5. The molecule has 0 aromatic rings. The molecule has 0 spiro atoms. The van der Waals surface area contributed by atoms with Gasteiger partial charge in [0, 0.05) is 24.7 Å². The number of amides is 4. The third kappa shape index (κ3) is 4.74. The number of carbonyl (C=O) groups excluding carboxylic acids is 3. The van der Waals surface area contributed by atoms with E-state index in [1.807, 2.05) is 6.92 Å². The van der Waals surface area contributed by atoms with Crippen molar-refractivity contribution in [2.45, 2.75) is 94.0 Å². The molecule has 31 heavy (non-hydrogen) atoms. The summed E-state index contributed by atoms with van der Waals surface area (Å²) in [6, 6.07) is -0.765. The van der Waals surface area contributed by atoms with Crippen molar-refractivity contribution in [3.05, 3.63) is 0 Å². The van der Waals surface area contributed by atoms with Crippen molar-refractivity contribution < 1.29 is 22.8 Å². The first-order valence-electron chi connectivity index (χ1n) is 11.5. The average Bonchev–Trinajstić information content (AvgIpc) is 3.45. The summed E-state index contributed by atoms with van der Waals surface area (Å²) in [6.45, 7) is 1.79. The molecule has 0 bridgehead atoms. The Balaban J connectivity index is 1.44. The van der Waals surface area contributed by atoms with Crippen LogP contribution < -0.4 is 10.0 Å². The van der Waals surface area contributed by atoms with Crippen LogP contribution in [0.3, 0.4) is 0 Å². The van der Waals surface area contributed by atoms with E-state index >= 15 is 0 Å². The third-order valence-electron chi connectivity index (χ3n) is 7.46. The molecular formula is C21H34N4O5S. The number of sulfonamides is 1. The number of hydrogen-bond donors (Lipinski definition) is 2. The van der Waals surface area contributed by atoms with Crippen LogP contribution in [-0.2, 0) is 19.6 Å². The van der Waals surface area contributed by atoms with Gasteiger partial charge in [-0.25, -0.2) is 17.9 Å². The first kappa shape index (κ1) is 22.5. The van der Waals surface area contributed by atoms with E-state index in [-0.39, 0.29) is 36.4 Å². The maximum absolute atomic E-state index is 12.9. The van der Waals surface area contributed by atoms with Crippen molar-refractivity contribution in [2.75, 3.05) is 13.6 Å². The average molecular weight is 455 g/mol. The van der Waals surface area contributed by atoms with E-state index in [2.05, 4.69) is 10.0 Å². The van der Waals surface area contributed by atoms with Gasteiger partial charge in [0.2, 0.25) is 21.8 Å². The summed E-state index contributed by atoms with van der Waals surface area (Å²) in [5.74, 6) is -1.16. The highest BCUT2D eigenvalue weighted by Crippen LogP contribution is 2.39. The summed E-state index contributed by atoms with van der Waals surface area (Å²) in [5.41, 5.74) is -0.359. The number of rotatable bonds is 6. The summed E-state index contributed by atoms with van der Waals surface area (Å²) in [6.07, 6.45) is 7.88. The van der Waals surface area contributed by atoms with Gasteiger partial charge in [-0.05, 0) is 51.9 Å². The maximum atomic E-state index is 12.9. The molecule has 3 atom stereocenters. The van der Waals surface area contributed by atoms with Crippen LogP contribution >= 0.6 is 0 Å². The van der Waals surface area contributed by atoms with Gasteiger partial charge in [0.05, 0.1) is 11.2 Å². The highest BCUT2D eigenvalue weighted by Gasteiger charge is 2.51. The molecule has 1 aliphatic heterocycles. The molecule has 1 saturated heterocycles. The van der Waals surface area contributed by atoms with E-state index < -0.39 is 33.3 Å². The van der Waals surface area contributed by atoms with Gasteiger partial charge >= 0.3 is 6.03 Å². The number of nitrogens with zero attached hydrogens (tertiary/aromatic N) is 2. The normalized spacial score (nSPS) is 31.4. The monoisotopic (exact) mass is 454 g/mol. The molecular weight excluding hydrogens is 420 g/mol. The second-order valence-electron chi connectivity index (χ2n) is 10.0. The standard InChI is InChI=1S/C21H34N4O5S/c1-21(10-11-21)23-31(29,30)15-8-9-17-16(12-15)19(27)24(2)20(28)25(17)13-18(26)22-14-6-4-3-5-7-14/h14-17,23H,3-13H2,1-2H3,(H,22,26). The molecule has 0 aromatic carbocycles. The predicted molar refractivity (Wildman–Crippen MR) is 114 cm³/mol. The predicted octanol–water partition coefficient (Wildman–Crippen LogP) is 1.34. The van der Waals surface area contributed by atoms with Crippen molar-refractivity contribution in [2.24, 2.45) is 5.92 Å². The molecule has 9 nitrogen and oxygen atoms in total. The largest absolute Gasteiger partial charge is 0.352 e. The van der Waals surface area contributed by atoms with Gasteiger partial charge in [0.25, 0.3) is 0 Å². The molecule has 4 amide bonds. The Kier molecular flexibility index (Phi) is 6.06. The molecule has 174 valence electrons. The number of fused-ring (bicyclic) bond motifs is 1. The van der Waals surface area contributed by atoms with Crippen molar-refractivity contribution in [3.8, 4) is 0 Å². The van der Waals surface area contributed by atoms with Crippen LogP contribution in [0.4, 0.5) is 4.79 Å². The number of carbonyl (C=O) groups is 3. The smallest absolute Gasteiger partial charge is 0.327 e. The van der Waals surface area contributed by atoms with Crippen LogP contribution in [0, 0.1) is 5.92 Å². The molecule has 3 unspecified atom stereocenters. The zero-order chi connectivity index (χ0) is 22.4. The SMILES string of the molecule is CN1C(=O)C2CC(S(=O)(=O)NC3(C)CC3)CCC2N(CC(=O)NC2CCCCC2)C1=O. The number of urea groups is 1. The van der Waals surface area contributed by atoms with Crippen LogP contribution in [0.15, 0.2) is 0 Å².